The van der Waals surface area contributed by atoms with Crippen molar-refractivity contribution in [2.45, 2.75) is 18.8 Å². The summed E-state index contributed by atoms with van der Waals surface area (Å²) >= 11 is 3.25. The highest BCUT2D eigenvalue weighted by molar-refractivity contribution is 9.09. The van der Waals surface area contributed by atoms with E-state index < -0.39 is 5.92 Å². The van der Waals surface area contributed by atoms with Crippen molar-refractivity contribution in [3.05, 3.63) is 23.8 Å². The lowest BCUT2D eigenvalue weighted by Crippen LogP contribution is -2.13. The Morgan fingerprint density at radius 2 is 2.27 bits per heavy atom. The summed E-state index contributed by atoms with van der Waals surface area (Å²) in [5, 5.41) is 0.828. The van der Waals surface area contributed by atoms with E-state index in [2.05, 4.69) is 15.9 Å². The maximum atomic E-state index is 12.5. The fourth-order valence-electron chi connectivity index (χ4n) is 0.927. The summed E-state index contributed by atoms with van der Waals surface area (Å²) in [6.45, 7) is 0. The molecule has 0 bridgehead atoms. The van der Waals surface area contributed by atoms with Crippen LogP contribution < -0.4 is 0 Å². The maximum absolute atomic E-state index is 12.5. The van der Waals surface area contributed by atoms with Gasteiger partial charge in [-0.3, -0.25) is 0 Å². The molecule has 1 aliphatic rings. The van der Waals surface area contributed by atoms with Crippen LogP contribution in [0.5, 0.6) is 0 Å². The molecule has 11 heavy (non-hydrogen) atoms. The Morgan fingerprint density at radius 1 is 1.55 bits per heavy atom. The van der Waals surface area contributed by atoms with Crippen molar-refractivity contribution >= 4 is 15.9 Å². The smallest absolute Gasteiger partial charge is 0.202 e. The third-order valence-electron chi connectivity index (χ3n) is 1.56. The summed E-state index contributed by atoms with van der Waals surface area (Å²) < 4.78 is 24.9. The normalized spacial score (nSPS) is 21.5. The van der Waals surface area contributed by atoms with E-state index in [0.29, 0.717) is 0 Å². The molecule has 1 rings (SSSR count). The fraction of sp³-hybridized carbons (Fsp3) is 0.500. The summed E-state index contributed by atoms with van der Waals surface area (Å²) in [5.74, 6) is -2.62. The van der Waals surface area contributed by atoms with Gasteiger partial charge in [0.2, 0.25) is 0 Å². The van der Waals surface area contributed by atoms with Crippen LogP contribution in [-0.4, -0.2) is 11.3 Å². The first-order valence-electron chi connectivity index (χ1n) is 3.46. The molecular weight excluding hydrogens is 214 g/mol. The molecule has 0 fully saturated rings. The predicted octanol–water partition coefficient (Wildman–Crippen LogP) is 3.29. The first-order valence-corrected chi connectivity index (χ1v) is 4.58. The predicted molar refractivity (Wildman–Crippen MR) is 45.2 cm³/mol. The minimum absolute atomic E-state index is 0.147. The van der Waals surface area contributed by atoms with Crippen LogP contribution in [0.3, 0.4) is 0 Å². The molecule has 0 heterocycles. The van der Waals surface area contributed by atoms with Gasteiger partial charge in [-0.05, 0) is 12.5 Å². The Balaban J connectivity index is 2.53. The highest BCUT2D eigenvalue weighted by atomic mass is 79.9. The summed E-state index contributed by atoms with van der Waals surface area (Å²) in [4.78, 5) is 0. The van der Waals surface area contributed by atoms with Crippen LogP contribution in [0, 0.1) is 0 Å². The minimum atomic E-state index is -2.62. The number of halogens is 3. The van der Waals surface area contributed by atoms with Crippen LogP contribution in [0.2, 0.25) is 0 Å². The molecule has 0 N–H and O–H groups in total. The molecule has 0 radical (unpaired) electrons. The van der Waals surface area contributed by atoms with E-state index in [9.17, 15) is 8.78 Å². The third kappa shape index (κ3) is 2.73. The average Bonchev–Trinajstić information content (AvgIpc) is 1.94. The highest BCUT2D eigenvalue weighted by Gasteiger charge is 2.25. The van der Waals surface area contributed by atoms with Crippen LogP contribution >= 0.6 is 15.9 Å². The third-order valence-corrected chi connectivity index (χ3v) is 1.96. The zero-order valence-electron chi connectivity index (χ0n) is 5.99. The van der Waals surface area contributed by atoms with Crippen LogP contribution in [0.4, 0.5) is 8.78 Å². The zero-order valence-corrected chi connectivity index (χ0v) is 7.57. The largest absolute Gasteiger partial charge is 0.270 e. The number of allylic oxidation sites excluding steroid dienone is 4. The van der Waals surface area contributed by atoms with E-state index in [1.807, 2.05) is 0 Å². The Morgan fingerprint density at radius 3 is 2.73 bits per heavy atom. The Labute approximate surface area is 73.1 Å². The van der Waals surface area contributed by atoms with Gasteiger partial charge in [0, 0.05) is 11.8 Å². The number of rotatable bonds is 2. The van der Waals surface area contributed by atoms with Gasteiger partial charge in [-0.1, -0.05) is 33.7 Å². The van der Waals surface area contributed by atoms with Crippen LogP contribution in [-0.2, 0) is 0 Å². The van der Waals surface area contributed by atoms with Gasteiger partial charge in [-0.25, -0.2) is 8.78 Å². The number of hydrogen-bond donors (Lipinski definition) is 0. The van der Waals surface area contributed by atoms with Gasteiger partial charge in [0.25, 0.3) is 5.92 Å². The van der Waals surface area contributed by atoms with E-state index in [0.717, 1.165) is 23.4 Å². The van der Waals surface area contributed by atoms with Crippen molar-refractivity contribution in [1.29, 1.82) is 0 Å². The molecule has 0 aliphatic heterocycles. The lowest BCUT2D eigenvalue weighted by atomic mass is 10.0. The van der Waals surface area contributed by atoms with Crippen molar-refractivity contribution < 1.29 is 8.78 Å². The number of alkyl halides is 3. The molecule has 0 aromatic carbocycles. The lowest BCUT2D eigenvalue weighted by molar-refractivity contribution is 0.0571. The van der Waals surface area contributed by atoms with Crippen LogP contribution in [0.1, 0.15) is 12.8 Å². The topological polar surface area (TPSA) is 0 Å². The summed E-state index contributed by atoms with van der Waals surface area (Å²) in [6.07, 6.45) is 4.76. The first-order chi connectivity index (χ1) is 5.14. The van der Waals surface area contributed by atoms with E-state index in [1.54, 1.807) is 6.08 Å². The van der Waals surface area contributed by atoms with Gasteiger partial charge in [-0.15, -0.1) is 0 Å². The molecule has 0 aromatic heterocycles. The monoisotopic (exact) mass is 222 g/mol. The van der Waals surface area contributed by atoms with Gasteiger partial charge in [0.1, 0.15) is 0 Å². The van der Waals surface area contributed by atoms with Gasteiger partial charge in [0.15, 0.2) is 0 Å². The quantitative estimate of drug-likeness (QED) is 0.630. The molecule has 0 amide bonds. The van der Waals surface area contributed by atoms with Crippen molar-refractivity contribution in [2.24, 2.45) is 0 Å². The maximum Gasteiger partial charge on any atom is 0.270 e. The van der Waals surface area contributed by atoms with Gasteiger partial charge in [0.05, 0.1) is 0 Å². The molecule has 0 saturated carbocycles. The molecule has 0 aromatic rings. The summed E-state index contributed by atoms with van der Waals surface area (Å²) in [5.41, 5.74) is 0.993. The molecule has 1 aliphatic carbocycles. The lowest BCUT2D eigenvalue weighted by Gasteiger charge is -2.14. The van der Waals surface area contributed by atoms with Gasteiger partial charge < -0.3 is 0 Å². The first kappa shape index (κ1) is 8.91. The van der Waals surface area contributed by atoms with Crippen molar-refractivity contribution in [1.82, 2.24) is 0 Å². The fourth-order valence-corrected chi connectivity index (χ4v) is 1.38. The Kier molecular flexibility index (Phi) is 2.82. The zero-order chi connectivity index (χ0) is 8.32. The molecule has 0 saturated heterocycles. The second-order valence-electron chi connectivity index (χ2n) is 2.52. The molecular formula is C8H9BrF2. The highest BCUT2D eigenvalue weighted by Crippen LogP contribution is 2.27. The summed E-state index contributed by atoms with van der Waals surface area (Å²) in [7, 11) is 0. The molecule has 0 nitrogen and oxygen atoms in total. The van der Waals surface area contributed by atoms with Gasteiger partial charge in [-0.2, -0.15) is 0 Å². The van der Waals surface area contributed by atoms with Crippen molar-refractivity contribution in [3.8, 4) is 0 Å². The van der Waals surface area contributed by atoms with E-state index in [4.69, 9.17) is 0 Å². The van der Waals surface area contributed by atoms with E-state index in [-0.39, 0.29) is 6.42 Å². The average molecular weight is 223 g/mol. The Bertz CT molecular complexity index is 194. The van der Waals surface area contributed by atoms with Crippen LogP contribution in [0.25, 0.3) is 0 Å². The molecule has 3 heteroatoms. The molecule has 62 valence electrons. The van der Waals surface area contributed by atoms with E-state index in [1.165, 1.54) is 6.08 Å². The summed E-state index contributed by atoms with van der Waals surface area (Å²) in [6, 6.07) is 0. The molecule has 0 spiro atoms. The molecule has 0 unspecified atom stereocenters. The minimum Gasteiger partial charge on any atom is -0.202 e. The van der Waals surface area contributed by atoms with E-state index >= 15 is 0 Å². The second-order valence-corrected chi connectivity index (χ2v) is 3.31. The standard InChI is InChI=1S/C8H9BrF2/c9-6-3-7-1-4-8(10,11)5-2-7/h1-2,4H,3,5-6H2. The number of hydrogen-bond acceptors (Lipinski definition) is 0. The van der Waals surface area contributed by atoms with Gasteiger partial charge >= 0.3 is 0 Å². The van der Waals surface area contributed by atoms with Crippen LogP contribution in [0.15, 0.2) is 23.8 Å². The Hall–Kier alpha value is -0.180. The second kappa shape index (κ2) is 3.48. The SMILES string of the molecule is FC1(F)C=CC(CCBr)=CC1. The van der Waals surface area contributed by atoms with Crippen molar-refractivity contribution in [3.63, 3.8) is 0 Å². The van der Waals surface area contributed by atoms with Crippen molar-refractivity contribution in [2.75, 3.05) is 5.33 Å². The molecule has 0 atom stereocenters.